The normalized spacial score (nSPS) is 14.3. The maximum atomic E-state index is 5.33. The number of aromatic nitrogens is 2. The van der Waals surface area contributed by atoms with E-state index in [1.54, 1.807) is 0 Å². The Balaban J connectivity index is 0.888. The molecule has 4 heterocycles. The van der Waals surface area contributed by atoms with Gasteiger partial charge in [0.1, 0.15) is 6.17 Å². The molecule has 5 nitrogen and oxygen atoms in total. The Morgan fingerprint density at radius 3 is 1.57 bits per heavy atom. The molecule has 286 valence electrons. The second-order valence-electron chi connectivity index (χ2n) is 16.0. The third-order valence-corrected chi connectivity index (χ3v) is 12.6. The van der Waals surface area contributed by atoms with Crippen molar-refractivity contribution in [3.63, 3.8) is 0 Å². The molecule has 11 aromatic rings. The molecule has 0 amide bonds. The second-order valence-corrected chi connectivity index (χ2v) is 16.0. The molecule has 1 atom stereocenters. The molecular weight excluding hydrogens is 743 g/mol. The zero-order valence-corrected chi connectivity index (χ0v) is 33.1. The van der Waals surface area contributed by atoms with E-state index in [1.165, 1.54) is 66.0 Å². The molecule has 2 aliphatic heterocycles. The highest BCUT2D eigenvalue weighted by molar-refractivity contribution is 6.12. The maximum absolute atomic E-state index is 5.33. The van der Waals surface area contributed by atoms with Crippen LogP contribution in [0, 0.1) is 0 Å². The number of nitrogens with one attached hydrogen (secondary N) is 1. The molecule has 9 aromatic carbocycles. The highest BCUT2D eigenvalue weighted by Crippen LogP contribution is 2.42. The van der Waals surface area contributed by atoms with E-state index in [0.717, 1.165) is 44.6 Å². The summed E-state index contributed by atoms with van der Waals surface area (Å²) in [4.78, 5) is 7.68. The molecule has 1 unspecified atom stereocenters. The van der Waals surface area contributed by atoms with Crippen LogP contribution in [0.5, 0.6) is 0 Å². The van der Waals surface area contributed by atoms with Crippen molar-refractivity contribution in [2.24, 2.45) is 4.99 Å². The van der Waals surface area contributed by atoms with Crippen molar-refractivity contribution in [1.82, 2.24) is 14.5 Å². The Kier molecular flexibility index (Phi) is 7.30. The Morgan fingerprint density at radius 2 is 0.918 bits per heavy atom. The lowest BCUT2D eigenvalue weighted by molar-refractivity contribution is 0.633. The first kappa shape index (κ1) is 33.8. The number of rotatable bonds is 5. The van der Waals surface area contributed by atoms with Crippen LogP contribution in [0.3, 0.4) is 0 Å². The molecule has 1 N–H and O–H groups in total. The molecule has 13 rings (SSSR count). The summed E-state index contributed by atoms with van der Waals surface area (Å²) in [5, 5.41) is 11.0. The van der Waals surface area contributed by atoms with Crippen molar-refractivity contribution in [2.75, 3.05) is 4.90 Å². The molecule has 0 aliphatic carbocycles. The molecule has 5 heteroatoms. The summed E-state index contributed by atoms with van der Waals surface area (Å²) in [6.07, 6.45) is -0.233. The predicted molar refractivity (Wildman–Crippen MR) is 251 cm³/mol. The van der Waals surface area contributed by atoms with E-state index in [0.29, 0.717) is 0 Å². The number of hydrogen-bond acceptors (Lipinski definition) is 3. The SMILES string of the molecule is c1ccc(N2c3ccccc3C3=c4c2cccc4=NC(c2ccc(-n4c5ccccc5c5cc(-c6ccc7c(c6)c6ccccc6n7-c6ccccc6)ccc54)cc2)N3)cc1. The van der Waals surface area contributed by atoms with Crippen LogP contribution in [0.15, 0.2) is 217 Å². The quantitative estimate of drug-likeness (QED) is 0.189. The molecular formula is C56H37N5. The summed E-state index contributed by atoms with van der Waals surface area (Å²) < 4.78 is 4.77. The largest absolute Gasteiger partial charge is 0.359 e. The maximum Gasteiger partial charge on any atom is 0.145 e. The molecule has 0 saturated carbocycles. The first-order chi connectivity index (χ1) is 30.3. The van der Waals surface area contributed by atoms with Gasteiger partial charge in [0.05, 0.1) is 44.5 Å². The van der Waals surface area contributed by atoms with E-state index in [1.807, 2.05) is 0 Å². The molecule has 0 spiro atoms. The minimum Gasteiger partial charge on any atom is -0.359 e. The van der Waals surface area contributed by atoms with Gasteiger partial charge < -0.3 is 19.4 Å². The average molecular weight is 780 g/mol. The first-order valence-electron chi connectivity index (χ1n) is 20.9. The number of para-hydroxylation sites is 5. The number of fused-ring (bicyclic) bond motifs is 8. The van der Waals surface area contributed by atoms with Gasteiger partial charge in [0.25, 0.3) is 0 Å². The topological polar surface area (TPSA) is 37.5 Å². The van der Waals surface area contributed by atoms with Crippen LogP contribution in [0.1, 0.15) is 17.3 Å². The van der Waals surface area contributed by atoms with Gasteiger partial charge in [-0.05, 0) is 108 Å². The van der Waals surface area contributed by atoms with Crippen molar-refractivity contribution in [2.45, 2.75) is 6.17 Å². The fourth-order valence-corrected chi connectivity index (χ4v) is 9.94. The van der Waals surface area contributed by atoms with E-state index >= 15 is 0 Å². The fraction of sp³-hybridized carbons (Fsp3) is 0.0179. The Labute approximate surface area is 352 Å². The number of anilines is 3. The van der Waals surface area contributed by atoms with E-state index in [9.17, 15) is 0 Å². The Bertz CT molecular complexity index is 3680. The van der Waals surface area contributed by atoms with Gasteiger partial charge in [-0.15, -0.1) is 0 Å². The van der Waals surface area contributed by atoms with Crippen LogP contribution in [0.2, 0.25) is 0 Å². The summed E-state index contributed by atoms with van der Waals surface area (Å²) in [5.41, 5.74) is 16.3. The third kappa shape index (κ3) is 5.11. The predicted octanol–water partition coefficient (Wildman–Crippen LogP) is 12.4. The monoisotopic (exact) mass is 779 g/mol. The van der Waals surface area contributed by atoms with Gasteiger partial charge >= 0.3 is 0 Å². The number of hydrogen-bond donors (Lipinski definition) is 1. The fourth-order valence-electron chi connectivity index (χ4n) is 9.94. The van der Waals surface area contributed by atoms with Crippen LogP contribution >= 0.6 is 0 Å². The van der Waals surface area contributed by atoms with Crippen LogP contribution < -0.4 is 20.8 Å². The van der Waals surface area contributed by atoms with Gasteiger partial charge in [-0.2, -0.15) is 0 Å². The third-order valence-electron chi connectivity index (χ3n) is 12.6. The zero-order chi connectivity index (χ0) is 40.0. The summed E-state index contributed by atoms with van der Waals surface area (Å²) in [5.74, 6) is 0. The Hall–Kier alpha value is -8.15. The van der Waals surface area contributed by atoms with Crippen molar-refractivity contribution in [3.05, 3.63) is 234 Å². The summed E-state index contributed by atoms with van der Waals surface area (Å²) in [7, 11) is 0. The smallest absolute Gasteiger partial charge is 0.145 e. The molecule has 0 bridgehead atoms. The van der Waals surface area contributed by atoms with Gasteiger partial charge in [-0.3, -0.25) is 4.99 Å². The highest BCUT2D eigenvalue weighted by atomic mass is 15.2. The molecule has 0 radical (unpaired) electrons. The number of benzene rings is 9. The molecule has 61 heavy (non-hydrogen) atoms. The summed E-state index contributed by atoms with van der Waals surface area (Å²) >= 11 is 0. The van der Waals surface area contributed by atoms with Crippen molar-refractivity contribution in [1.29, 1.82) is 0 Å². The van der Waals surface area contributed by atoms with Gasteiger partial charge in [0.15, 0.2) is 0 Å². The van der Waals surface area contributed by atoms with Crippen LogP contribution in [0.4, 0.5) is 17.1 Å². The second kappa shape index (κ2) is 13.2. The lowest BCUT2D eigenvalue weighted by atomic mass is 9.97. The first-order valence-corrected chi connectivity index (χ1v) is 20.9. The Morgan fingerprint density at radius 1 is 0.393 bits per heavy atom. The molecule has 2 aromatic heterocycles. The van der Waals surface area contributed by atoms with E-state index in [2.05, 4.69) is 232 Å². The van der Waals surface area contributed by atoms with Gasteiger partial charge in [-0.1, -0.05) is 121 Å². The van der Waals surface area contributed by atoms with E-state index in [4.69, 9.17) is 4.99 Å². The van der Waals surface area contributed by atoms with Crippen LogP contribution in [0.25, 0.3) is 71.8 Å². The minimum atomic E-state index is -0.233. The number of nitrogens with zero attached hydrogens (tertiary/aromatic N) is 4. The van der Waals surface area contributed by atoms with E-state index < -0.39 is 0 Å². The lowest BCUT2D eigenvalue weighted by Gasteiger charge is -2.35. The minimum absolute atomic E-state index is 0.233. The highest BCUT2D eigenvalue weighted by Gasteiger charge is 2.29. The van der Waals surface area contributed by atoms with Crippen molar-refractivity contribution in [3.8, 4) is 22.5 Å². The standard InChI is InChI=1S/C56H37N5/c1-3-14-39(15-4-1)59-48-22-10-7-18-42(48)45-34-37(28-32-51(45)59)38-29-33-52-46(35-38)43-19-8-11-23-49(43)60(52)41-30-26-36(27-31-41)56-57-47-21-13-25-53-54(47)55(58-56)44-20-9-12-24-50(44)61(53)40-16-5-2-6-17-40/h1-35,56,58H. The summed E-state index contributed by atoms with van der Waals surface area (Å²) in [6, 6.07) is 76.7. The van der Waals surface area contributed by atoms with Crippen LogP contribution in [-0.4, -0.2) is 9.13 Å². The molecule has 0 saturated heterocycles. The molecule has 2 aliphatic rings. The van der Waals surface area contributed by atoms with E-state index in [-0.39, 0.29) is 6.17 Å². The average Bonchev–Trinajstić information content (AvgIpc) is 3.84. The zero-order valence-electron chi connectivity index (χ0n) is 33.1. The summed E-state index contributed by atoms with van der Waals surface area (Å²) in [6.45, 7) is 0. The lowest BCUT2D eigenvalue weighted by Crippen LogP contribution is -2.44. The van der Waals surface area contributed by atoms with Crippen LogP contribution in [-0.2, 0) is 0 Å². The van der Waals surface area contributed by atoms with Gasteiger partial charge in [-0.25, -0.2) is 0 Å². The van der Waals surface area contributed by atoms with Gasteiger partial charge in [0.2, 0.25) is 0 Å². The van der Waals surface area contributed by atoms with Crippen molar-refractivity contribution >= 4 is 66.4 Å². The van der Waals surface area contributed by atoms with Crippen molar-refractivity contribution < 1.29 is 0 Å². The van der Waals surface area contributed by atoms with Gasteiger partial charge in [0, 0.05) is 49.4 Å². The molecule has 0 fully saturated rings.